The Morgan fingerprint density at radius 2 is 1.53 bits per heavy atom. The van der Waals surface area contributed by atoms with Crippen molar-refractivity contribution >= 4 is 0 Å². The average molecular weight is 239 g/mol. The minimum absolute atomic E-state index is 0.297. The molecular weight excluding hydrogens is 218 g/mol. The van der Waals surface area contributed by atoms with Crippen LogP contribution in [-0.2, 0) is 13.0 Å². The van der Waals surface area contributed by atoms with Crippen LogP contribution in [0.3, 0.4) is 0 Å². The van der Waals surface area contributed by atoms with Crippen molar-refractivity contribution in [3.8, 4) is 0 Å². The van der Waals surface area contributed by atoms with Gasteiger partial charge in [-0.15, -0.1) is 0 Å². The molecule has 0 aliphatic carbocycles. The van der Waals surface area contributed by atoms with E-state index in [1.54, 1.807) is 0 Å². The molecule has 0 unspecified atom stereocenters. The summed E-state index contributed by atoms with van der Waals surface area (Å²) in [6.45, 7) is 1.71. The van der Waals surface area contributed by atoms with Gasteiger partial charge in [0.05, 0.1) is 25.4 Å². The van der Waals surface area contributed by atoms with Gasteiger partial charge in [-0.1, -0.05) is 31.2 Å². The van der Waals surface area contributed by atoms with Gasteiger partial charge in [-0.3, -0.25) is 0 Å². The number of benzene rings is 1. The molecule has 4 nitrogen and oxygen atoms in total. The van der Waals surface area contributed by atoms with Crippen LogP contribution >= 0.6 is 0 Å². The molecule has 0 heterocycles. The molecular formula is C13H21NO3. The maximum atomic E-state index is 9.20. The topological polar surface area (TPSA) is 72.7 Å². The second-order valence-corrected chi connectivity index (χ2v) is 4.23. The van der Waals surface area contributed by atoms with Crippen LogP contribution in [0.25, 0.3) is 0 Å². The van der Waals surface area contributed by atoms with E-state index in [9.17, 15) is 15.3 Å². The van der Waals surface area contributed by atoms with Crippen LogP contribution in [0.5, 0.6) is 0 Å². The van der Waals surface area contributed by atoms with Crippen LogP contribution < -0.4 is 5.32 Å². The lowest BCUT2D eigenvalue weighted by Gasteiger charge is -2.29. The predicted molar refractivity (Wildman–Crippen MR) is 66.6 cm³/mol. The van der Waals surface area contributed by atoms with E-state index < -0.39 is 5.54 Å². The lowest BCUT2D eigenvalue weighted by atomic mass is 10.0. The first-order valence-corrected chi connectivity index (χ1v) is 5.85. The van der Waals surface area contributed by atoms with Gasteiger partial charge in [0.15, 0.2) is 0 Å². The van der Waals surface area contributed by atoms with Crippen molar-refractivity contribution in [2.45, 2.75) is 25.4 Å². The molecule has 0 radical (unpaired) electrons. The zero-order chi connectivity index (χ0) is 12.7. The van der Waals surface area contributed by atoms with Crippen LogP contribution in [0.2, 0.25) is 0 Å². The molecule has 4 heteroatoms. The van der Waals surface area contributed by atoms with Gasteiger partial charge in [-0.25, -0.2) is 0 Å². The maximum Gasteiger partial charge on any atom is 0.0884 e. The first-order valence-electron chi connectivity index (χ1n) is 5.85. The Morgan fingerprint density at radius 3 is 2.00 bits per heavy atom. The summed E-state index contributed by atoms with van der Waals surface area (Å²) in [4.78, 5) is 0. The summed E-state index contributed by atoms with van der Waals surface area (Å²) in [6, 6.07) is 7.99. The number of aliphatic hydroxyl groups excluding tert-OH is 3. The first-order chi connectivity index (χ1) is 8.21. The van der Waals surface area contributed by atoms with Gasteiger partial charge in [-0.05, 0) is 17.5 Å². The third-order valence-electron chi connectivity index (χ3n) is 3.06. The number of rotatable bonds is 7. The molecule has 1 aromatic rings. The minimum Gasteiger partial charge on any atom is -0.394 e. The highest BCUT2D eigenvalue weighted by atomic mass is 16.3. The summed E-state index contributed by atoms with van der Waals surface area (Å²) in [5.41, 5.74) is 1.33. The van der Waals surface area contributed by atoms with Gasteiger partial charge < -0.3 is 20.6 Å². The molecule has 0 aliphatic rings. The lowest BCUT2D eigenvalue weighted by Crippen LogP contribution is -2.54. The fraction of sp³-hybridized carbons (Fsp3) is 0.538. The van der Waals surface area contributed by atoms with E-state index in [-0.39, 0.29) is 19.8 Å². The van der Waals surface area contributed by atoms with Crippen molar-refractivity contribution in [2.24, 2.45) is 0 Å². The number of hydrogen-bond donors (Lipinski definition) is 4. The van der Waals surface area contributed by atoms with E-state index in [1.165, 1.54) is 5.56 Å². The number of nitrogens with one attached hydrogen (secondary N) is 1. The molecule has 0 saturated carbocycles. The molecule has 96 valence electrons. The Balaban J connectivity index is 2.71. The quantitative estimate of drug-likeness (QED) is 0.543. The van der Waals surface area contributed by atoms with Crippen LogP contribution in [0.4, 0.5) is 0 Å². The van der Waals surface area contributed by atoms with E-state index in [4.69, 9.17) is 0 Å². The van der Waals surface area contributed by atoms with Crippen LogP contribution in [-0.4, -0.2) is 40.7 Å². The second kappa shape index (κ2) is 6.71. The van der Waals surface area contributed by atoms with E-state index in [0.29, 0.717) is 6.54 Å². The van der Waals surface area contributed by atoms with E-state index in [0.717, 1.165) is 12.0 Å². The highest BCUT2D eigenvalue weighted by molar-refractivity contribution is 5.27. The Morgan fingerprint density at radius 1 is 1.00 bits per heavy atom. The maximum absolute atomic E-state index is 9.20. The third-order valence-corrected chi connectivity index (χ3v) is 3.06. The molecule has 1 rings (SSSR count). The molecule has 17 heavy (non-hydrogen) atoms. The highest BCUT2D eigenvalue weighted by Gasteiger charge is 2.27. The smallest absolute Gasteiger partial charge is 0.0884 e. The van der Waals surface area contributed by atoms with Gasteiger partial charge in [0.1, 0.15) is 0 Å². The normalized spacial score (nSPS) is 11.8. The standard InChI is InChI=1S/C13H21NO3/c1-2-11-5-3-4-6-12(11)7-14-13(8-15,9-16)10-17/h3-6,14-17H,2,7-10H2,1H3. The summed E-state index contributed by atoms with van der Waals surface area (Å²) >= 11 is 0. The SMILES string of the molecule is CCc1ccccc1CNC(CO)(CO)CO. The van der Waals surface area contributed by atoms with Crippen LogP contribution in [0, 0.1) is 0 Å². The van der Waals surface area contributed by atoms with Crippen LogP contribution in [0.15, 0.2) is 24.3 Å². The fourth-order valence-electron chi connectivity index (χ4n) is 1.68. The third kappa shape index (κ3) is 3.51. The van der Waals surface area contributed by atoms with Crippen molar-refractivity contribution < 1.29 is 15.3 Å². The summed E-state index contributed by atoms with van der Waals surface area (Å²) in [5.74, 6) is 0. The van der Waals surface area contributed by atoms with E-state index >= 15 is 0 Å². The molecule has 0 fully saturated rings. The zero-order valence-corrected chi connectivity index (χ0v) is 10.2. The van der Waals surface area contributed by atoms with Crippen molar-refractivity contribution in [1.29, 1.82) is 0 Å². The Hall–Kier alpha value is -0.940. The summed E-state index contributed by atoms with van der Waals surface area (Å²) in [6.07, 6.45) is 0.933. The summed E-state index contributed by atoms with van der Waals surface area (Å²) < 4.78 is 0. The monoisotopic (exact) mass is 239 g/mol. The molecule has 0 saturated heterocycles. The zero-order valence-electron chi connectivity index (χ0n) is 10.2. The molecule has 0 bridgehead atoms. The van der Waals surface area contributed by atoms with Gasteiger partial charge in [0.2, 0.25) is 0 Å². The van der Waals surface area contributed by atoms with Crippen molar-refractivity contribution in [3.63, 3.8) is 0 Å². The number of hydrogen-bond acceptors (Lipinski definition) is 4. The van der Waals surface area contributed by atoms with Crippen molar-refractivity contribution in [3.05, 3.63) is 35.4 Å². The molecule has 0 spiro atoms. The highest BCUT2D eigenvalue weighted by Crippen LogP contribution is 2.11. The van der Waals surface area contributed by atoms with Crippen molar-refractivity contribution in [1.82, 2.24) is 5.32 Å². The number of aryl methyl sites for hydroxylation is 1. The fourth-order valence-corrected chi connectivity index (χ4v) is 1.68. The molecule has 0 aromatic heterocycles. The van der Waals surface area contributed by atoms with Crippen LogP contribution in [0.1, 0.15) is 18.1 Å². The summed E-state index contributed by atoms with van der Waals surface area (Å²) in [7, 11) is 0. The lowest BCUT2D eigenvalue weighted by molar-refractivity contribution is 0.0413. The minimum atomic E-state index is -1.01. The van der Waals surface area contributed by atoms with Crippen molar-refractivity contribution in [2.75, 3.05) is 19.8 Å². The molecule has 0 amide bonds. The second-order valence-electron chi connectivity index (χ2n) is 4.23. The van der Waals surface area contributed by atoms with Gasteiger partial charge in [0.25, 0.3) is 0 Å². The average Bonchev–Trinajstić information content (AvgIpc) is 2.41. The molecule has 4 N–H and O–H groups in total. The van der Waals surface area contributed by atoms with E-state index in [1.807, 2.05) is 18.2 Å². The first kappa shape index (κ1) is 14.1. The van der Waals surface area contributed by atoms with Gasteiger partial charge in [-0.2, -0.15) is 0 Å². The van der Waals surface area contributed by atoms with Gasteiger partial charge in [0, 0.05) is 6.54 Å². The largest absolute Gasteiger partial charge is 0.394 e. The van der Waals surface area contributed by atoms with E-state index in [2.05, 4.69) is 18.3 Å². The van der Waals surface area contributed by atoms with Gasteiger partial charge >= 0.3 is 0 Å². The molecule has 0 atom stereocenters. The Bertz CT molecular complexity index is 329. The Labute approximate surface area is 102 Å². The molecule has 0 aliphatic heterocycles. The predicted octanol–water partition coefficient (Wildman–Crippen LogP) is 0.0543. The number of aliphatic hydroxyl groups is 3. The summed E-state index contributed by atoms with van der Waals surface area (Å²) in [5, 5.41) is 30.6. The molecule has 1 aromatic carbocycles. The Kier molecular flexibility index (Phi) is 5.58.